The van der Waals surface area contributed by atoms with Crippen LogP contribution in [0, 0.1) is 10.8 Å². The molecule has 0 saturated heterocycles. The second-order valence-corrected chi connectivity index (χ2v) is 12.6. The van der Waals surface area contributed by atoms with Gasteiger partial charge in [0, 0.05) is 40.4 Å². The van der Waals surface area contributed by atoms with Gasteiger partial charge in [-0.25, -0.2) is 4.79 Å². The summed E-state index contributed by atoms with van der Waals surface area (Å²) in [6.07, 6.45) is 4.83. The molecule has 6 nitrogen and oxygen atoms in total. The number of carboxylic acid groups (broad SMARTS) is 1. The first kappa shape index (κ1) is 27.0. The number of allylic oxidation sites excluding steroid dienone is 2. The summed E-state index contributed by atoms with van der Waals surface area (Å²) in [7, 11) is 0. The maximum absolute atomic E-state index is 14.2. The van der Waals surface area contributed by atoms with Crippen LogP contribution >= 0.6 is 0 Å². The van der Waals surface area contributed by atoms with Crippen molar-refractivity contribution < 1.29 is 19.4 Å². The molecule has 6 heteroatoms. The summed E-state index contributed by atoms with van der Waals surface area (Å²) >= 11 is 0. The van der Waals surface area contributed by atoms with Gasteiger partial charge in [0.2, 0.25) is 0 Å². The summed E-state index contributed by atoms with van der Waals surface area (Å²) in [4.78, 5) is 27.5. The Kier molecular flexibility index (Phi) is 6.20. The first-order valence-corrected chi connectivity index (χ1v) is 14.7. The zero-order chi connectivity index (χ0) is 29.9. The SMILES string of the molecule is CC1(C)C(c2ccc(C(=O)O)cc2)=CC[C@@]2(C)CN(C(=O)c3ccccc3C3Nc4c(ccc5ccccc45)O3)CC=C12. The highest BCUT2D eigenvalue weighted by Gasteiger charge is 2.46. The minimum Gasteiger partial charge on any atom is -0.478 e. The molecule has 0 saturated carbocycles. The zero-order valence-corrected chi connectivity index (χ0v) is 24.6. The summed E-state index contributed by atoms with van der Waals surface area (Å²) in [6, 6.07) is 27.1. The normalized spacial score (nSPS) is 22.0. The van der Waals surface area contributed by atoms with Gasteiger partial charge >= 0.3 is 5.97 Å². The van der Waals surface area contributed by atoms with Crippen molar-refractivity contribution in [1.29, 1.82) is 0 Å². The van der Waals surface area contributed by atoms with Crippen LogP contribution in [0.25, 0.3) is 16.3 Å². The highest BCUT2D eigenvalue weighted by atomic mass is 16.5. The molecule has 0 aromatic heterocycles. The molecule has 0 radical (unpaired) electrons. The number of carboxylic acids is 1. The molecule has 2 N–H and O–H groups in total. The smallest absolute Gasteiger partial charge is 0.335 e. The largest absolute Gasteiger partial charge is 0.478 e. The highest BCUT2D eigenvalue weighted by molar-refractivity contribution is 5.99. The van der Waals surface area contributed by atoms with Crippen LogP contribution in [0.2, 0.25) is 0 Å². The Bertz CT molecular complexity index is 1850. The van der Waals surface area contributed by atoms with Crippen molar-refractivity contribution in [3.8, 4) is 5.75 Å². The van der Waals surface area contributed by atoms with Crippen molar-refractivity contribution >= 4 is 33.9 Å². The molecule has 3 aliphatic rings. The van der Waals surface area contributed by atoms with Crippen molar-refractivity contribution in [3.05, 3.63) is 125 Å². The molecule has 43 heavy (non-hydrogen) atoms. The van der Waals surface area contributed by atoms with Gasteiger partial charge in [-0.1, -0.05) is 99.2 Å². The van der Waals surface area contributed by atoms with E-state index >= 15 is 0 Å². The number of benzene rings is 4. The van der Waals surface area contributed by atoms with Crippen LogP contribution < -0.4 is 10.1 Å². The Morgan fingerprint density at radius 1 is 0.907 bits per heavy atom. The lowest BCUT2D eigenvalue weighted by molar-refractivity contribution is 0.0675. The minimum atomic E-state index is -0.925. The van der Waals surface area contributed by atoms with E-state index in [1.165, 1.54) is 11.1 Å². The standard InChI is InChI=1S/C37H34N2O4/c1-36(2)29(24-12-14-25(15-13-24)35(41)42)18-20-37(3)22-39(21-19-31(36)37)34(40)28-11-7-6-10-27(28)33-38-32-26-9-5-4-8-23(26)16-17-30(32)43-33/h4-19,33,38H,20-22H2,1-3H3,(H,41,42)/t33?,37-/m0/s1. The van der Waals surface area contributed by atoms with E-state index in [9.17, 15) is 14.7 Å². The van der Waals surface area contributed by atoms with Gasteiger partial charge in [0.05, 0.1) is 11.3 Å². The second-order valence-electron chi connectivity index (χ2n) is 12.6. The second kappa shape index (κ2) is 9.87. The number of anilines is 1. The molecule has 7 rings (SSSR count). The van der Waals surface area contributed by atoms with Gasteiger partial charge in [0.1, 0.15) is 5.75 Å². The lowest BCUT2D eigenvalue weighted by atomic mass is 9.58. The molecule has 2 heterocycles. The molecule has 0 bridgehead atoms. The Labute approximate surface area is 251 Å². The Morgan fingerprint density at radius 2 is 1.65 bits per heavy atom. The van der Waals surface area contributed by atoms with Crippen molar-refractivity contribution in [2.24, 2.45) is 10.8 Å². The average Bonchev–Trinajstić information content (AvgIpc) is 3.45. The third kappa shape index (κ3) is 4.40. The summed E-state index contributed by atoms with van der Waals surface area (Å²) in [5.74, 6) is -0.144. The summed E-state index contributed by atoms with van der Waals surface area (Å²) < 4.78 is 6.35. The number of nitrogens with one attached hydrogen (secondary N) is 1. The number of carbonyl (C=O) groups is 2. The molecule has 1 aliphatic carbocycles. The summed E-state index contributed by atoms with van der Waals surface area (Å²) in [5, 5.41) is 15.1. The van der Waals surface area contributed by atoms with E-state index in [0.29, 0.717) is 18.7 Å². The Hall–Kier alpha value is -4.84. The Balaban J connectivity index is 1.15. The molecule has 0 spiro atoms. The van der Waals surface area contributed by atoms with E-state index in [1.807, 2.05) is 59.5 Å². The number of carbonyl (C=O) groups excluding carboxylic acids is 1. The maximum atomic E-state index is 14.2. The zero-order valence-electron chi connectivity index (χ0n) is 24.6. The van der Waals surface area contributed by atoms with E-state index in [-0.39, 0.29) is 22.3 Å². The Morgan fingerprint density at radius 3 is 2.44 bits per heavy atom. The number of hydrogen-bond acceptors (Lipinski definition) is 4. The van der Waals surface area contributed by atoms with Crippen LogP contribution in [-0.4, -0.2) is 35.0 Å². The van der Waals surface area contributed by atoms with Crippen LogP contribution in [0.3, 0.4) is 0 Å². The number of hydrogen-bond donors (Lipinski definition) is 2. The summed E-state index contributed by atoms with van der Waals surface area (Å²) in [5.41, 5.74) is 5.76. The van der Waals surface area contributed by atoms with E-state index in [0.717, 1.165) is 39.8 Å². The molecule has 2 atom stereocenters. The third-order valence-corrected chi connectivity index (χ3v) is 9.42. The van der Waals surface area contributed by atoms with E-state index in [4.69, 9.17) is 4.74 Å². The molecule has 0 fully saturated rings. The van der Waals surface area contributed by atoms with Gasteiger partial charge in [0.15, 0.2) is 6.23 Å². The van der Waals surface area contributed by atoms with Crippen LogP contribution in [0.15, 0.2) is 103 Å². The number of fused-ring (bicyclic) bond motifs is 4. The van der Waals surface area contributed by atoms with Crippen LogP contribution in [0.5, 0.6) is 5.75 Å². The minimum absolute atomic E-state index is 0.00446. The number of amides is 1. The van der Waals surface area contributed by atoms with Gasteiger partial charge in [-0.2, -0.15) is 0 Å². The molecular weight excluding hydrogens is 536 g/mol. The molecule has 4 aromatic rings. The van der Waals surface area contributed by atoms with Crippen molar-refractivity contribution in [3.63, 3.8) is 0 Å². The average molecular weight is 571 g/mol. The predicted molar refractivity (Wildman–Crippen MR) is 169 cm³/mol. The third-order valence-electron chi connectivity index (χ3n) is 9.42. The number of rotatable bonds is 4. The van der Waals surface area contributed by atoms with Crippen LogP contribution in [-0.2, 0) is 0 Å². The first-order chi connectivity index (χ1) is 20.7. The molecule has 4 aromatic carbocycles. The van der Waals surface area contributed by atoms with Gasteiger partial charge in [0.25, 0.3) is 5.91 Å². The molecular formula is C37H34N2O4. The quantitative estimate of drug-likeness (QED) is 0.244. The van der Waals surface area contributed by atoms with Crippen molar-refractivity contribution in [2.75, 3.05) is 18.4 Å². The fourth-order valence-electron chi connectivity index (χ4n) is 7.37. The van der Waals surface area contributed by atoms with E-state index in [2.05, 4.69) is 56.4 Å². The molecule has 2 aliphatic heterocycles. The predicted octanol–water partition coefficient (Wildman–Crippen LogP) is 7.94. The first-order valence-electron chi connectivity index (χ1n) is 14.7. The van der Waals surface area contributed by atoms with E-state index in [1.54, 1.807) is 12.1 Å². The topological polar surface area (TPSA) is 78.9 Å². The fourth-order valence-corrected chi connectivity index (χ4v) is 7.37. The number of aromatic carboxylic acids is 1. The lowest BCUT2D eigenvalue weighted by Gasteiger charge is -2.50. The molecule has 216 valence electrons. The summed E-state index contributed by atoms with van der Waals surface area (Å²) in [6.45, 7) is 7.84. The van der Waals surface area contributed by atoms with Gasteiger partial charge in [-0.15, -0.1) is 0 Å². The number of ether oxygens (including phenoxy) is 1. The monoisotopic (exact) mass is 570 g/mol. The number of nitrogens with zero attached hydrogens (tertiary/aromatic N) is 1. The fraction of sp³-hybridized carbons (Fsp3) is 0.243. The molecule has 1 amide bonds. The van der Waals surface area contributed by atoms with E-state index < -0.39 is 12.2 Å². The van der Waals surface area contributed by atoms with Gasteiger partial charge < -0.3 is 20.1 Å². The van der Waals surface area contributed by atoms with Crippen molar-refractivity contribution in [2.45, 2.75) is 33.4 Å². The maximum Gasteiger partial charge on any atom is 0.335 e. The van der Waals surface area contributed by atoms with Crippen molar-refractivity contribution in [1.82, 2.24) is 4.90 Å². The highest BCUT2D eigenvalue weighted by Crippen LogP contribution is 2.55. The van der Waals surface area contributed by atoms with Gasteiger partial charge in [-0.05, 0) is 47.2 Å². The van der Waals surface area contributed by atoms with Gasteiger partial charge in [-0.3, -0.25) is 4.79 Å². The molecule has 1 unspecified atom stereocenters. The van der Waals surface area contributed by atoms with Crippen LogP contribution in [0.1, 0.15) is 65.3 Å². The van der Waals surface area contributed by atoms with Crippen LogP contribution in [0.4, 0.5) is 5.69 Å². The lowest BCUT2D eigenvalue weighted by Crippen LogP contribution is -2.49.